The number of hydrogen-bond acceptors (Lipinski definition) is 3. The summed E-state index contributed by atoms with van der Waals surface area (Å²) in [5, 5.41) is 8.09. The average molecular weight is 345 g/mol. The van der Waals surface area contributed by atoms with Gasteiger partial charge in [-0.25, -0.2) is 12.8 Å². The average Bonchev–Trinajstić information content (AvgIpc) is 2.44. The number of rotatable bonds is 3. The molecule has 0 saturated carbocycles. The minimum atomic E-state index is -3.88. The molecule has 0 aliphatic rings. The first-order chi connectivity index (χ1) is 9.83. The van der Waals surface area contributed by atoms with Gasteiger partial charge in [-0.05, 0) is 36.4 Å². The van der Waals surface area contributed by atoms with Gasteiger partial charge in [0.1, 0.15) is 0 Å². The van der Waals surface area contributed by atoms with E-state index in [9.17, 15) is 12.8 Å². The van der Waals surface area contributed by atoms with Gasteiger partial charge in [-0.3, -0.25) is 4.72 Å². The fourth-order valence-electron chi connectivity index (χ4n) is 1.54. The van der Waals surface area contributed by atoms with Crippen LogP contribution in [0.15, 0.2) is 41.3 Å². The van der Waals surface area contributed by atoms with Gasteiger partial charge in [0.05, 0.1) is 32.3 Å². The van der Waals surface area contributed by atoms with Crippen LogP contribution in [0.1, 0.15) is 5.56 Å². The minimum Gasteiger partial charge on any atom is -0.280 e. The Hall–Kier alpha value is -1.81. The number of hydrogen-bond donors (Lipinski definition) is 1. The van der Waals surface area contributed by atoms with Gasteiger partial charge in [0.2, 0.25) is 0 Å². The predicted octanol–water partition coefficient (Wildman–Crippen LogP) is 3.80. The van der Waals surface area contributed by atoms with Crippen molar-refractivity contribution in [2.24, 2.45) is 0 Å². The van der Waals surface area contributed by atoms with Gasteiger partial charge in [0, 0.05) is 0 Å². The first-order valence-electron chi connectivity index (χ1n) is 5.51. The summed E-state index contributed by atoms with van der Waals surface area (Å²) in [6, 6.07) is 9.43. The van der Waals surface area contributed by atoms with Crippen LogP contribution >= 0.6 is 23.2 Å². The molecule has 8 heteroatoms. The summed E-state index contributed by atoms with van der Waals surface area (Å²) in [5.74, 6) is -0.820. The number of nitrogens with zero attached hydrogens (tertiary/aromatic N) is 1. The minimum absolute atomic E-state index is 0.0377. The third kappa shape index (κ3) is 3.45. The summed E-state index contributed by atoms with van der Waals surface area (Å²) in [6.07, 6.45) is 0. The molecule has 0 bridgehead atoms. The first kappa shape index (κ1) is 15.6. The number of nitrogens with one attached hydrogen (secondary N) is 1. The summed E-state index contributed by atoms with van der Waals surface area (Å²) >= 11 is 11.2. The number of halogens is 3. The Morgan fingerprint density at radius 3 is 2.10 bits per heavy atom. The van der Waals surface area contributed by atoms with Crippen LogP contribution in [0.3, 0.4) is 0 Å². The predicted molar refractivity (Wildman–Crippen MR) is 78.4 cm³/mol. The van der Waals surface area contributed by atoms with Gasteiger partial charge in [0.15, 0.2) is 5.82 Å². The lowest BCUT2D eigenvalue weighted by atomic mass is 10.2. The number of benzene rings is 2. The first-order valence-corrected chi connectivity index (χ1v) is 7.75. The number of anilines is 1. The molecule has 4 nitrogen and oxygen atoms in total. The van der Waals surface area contributed by atoms with E-state index in [4.69, 9.17) is 28.5 Å². The summed E-state index contributed by atoms with van der Waals surface area (Å²) < 4.78 is 39.8. The highest BCUT2D eigenvalue weighted by molar-refractivity contribution is 7.92. The van der Waals surface area contributed by atoms with E-state index in [0.717, 1.165) is 12.1 Å². The van der Waals surface area contributed by atoms with Crippen molar-refractivity contribution < 1.29 is 12.8 Å². The Labute approximate surface area is 130 Å². The molecule has 0 amide bonds. The van der Waals surface area contributed by atoms with Crippen molar-refractivity contribution in [1.29, 1.82) is 5.26 Å². The van der Waals surface area contributed by atoms with Crippen molar-refractivity contribution in [2.75, 3.05) is 4.72 Å². The van der Waals surface area contributed by atoms with E-state index in [1.165, 1.54) is 24.3 Å². The third-order valence-corrected chi connectivity index (χ3v) is 4.48. The molecule has 1 N–H and O–H groups in total. The molecule has 0 radical (unpaired) electrons. The van der Waals surface area contributed by atoms with Crippen molar-refractivity contribution in [3.63, 3.8) is 0 Å². The molecule has 2 rings (SSSR count). The summed E-state index contributed by atoms with van der Waals surface area (Å²) in [4.78, 5) is -0.0435. The van der Waals surface area contributed by atoms with Crippen molar-refractivity contribution in [3.8, 4) is 6.07 Å². The fraction of sp³-hybridized carbons (Fsp3) is 0. The lowest BCUT2D eigenvalue weighted by molar-refractivity contribution is 0.601. The molecule has 0 aliphatic carbocycles. The molecule has 2 aromatic rings. The van der Waals surface area contributed by atoms with Crippen LogP contribution in [0.25, 0.3) is 0 Å². The molecule has 0 atom stereocenters. The largest absolute Gasteiger partial charge is 0.280 e. The Morgan fingerprint density at radius 1 is 1.10 bits per heavy atom. The molecule has 0 aromatic heterocycles. The second-order valence-electron chi connectivity index (χ2n) is 4.00. The number of nitriles is 1. The molecular formula is C13H7Cl2FN2O2S. The molecule has 2 aromatic carbocycles. The van der Waals surface area contributed by atoms with Crippen molar-refractivity contribution >= 4 is 38.9 Å². The Morgan fingerprint density at radius 2 is 1.62 bits per heavy atom. The van der Waals surface area contributed by atoms with Gasteiger partial charge in [0.25, 0.3) is 10.0 Å². The summed E-state index contributed by atoms with van der Waals surface area (Å²) in [7, 11) is -3.88. The molecular weight excluding hydrogens is 338 g/mol. The normalized spacial score (nSPS) is 11.0. The summed E-state index contributed by atoms with van der Waals surface area (Å²) in [5.41, 5.74) is 0.373. The molecule has 0 fully saturated rings. The fourth-order valence-corrected chi connectivity index (χ4v) is 3.06. The molecule has 0 spiro atoms. The Kier molecular flexibility index (Phi) is 4.37. The van der Waals surface area contributed by atoms with E-state index in [1.54, 1.807) is 0 Å². The quantitative estimate of drug-likeness (QED) is 0.860. The van der Waals surface area contributed by atoms with Gasteiger partial charge in [-0.2, -0.15) is 5.26 Å². The number of sulfonamides is 1. The molecule has 0 unspecified atom stereocenters. The van der Waals surface area contributed by atoms with E-state index in [1.807, 2.05) is 6.07 Å². The zero-order valence-electron chi connectivity index (χ0n) is 10.3. The van der Waals surface area contributed by atoms with E-state index >= 15 is 0 Å². The molecule has 0 aliphatic heterocycles. The van der Waals surface area contributed by atoms with Gasteiger partial charge in [-0.15, -0.1) is 0 Å². The maximum Gasteiger partial charge on any atom is 0.261 e. The zero-order chi connectivity index (χ0) is 15.6. The molecule has 0 saturated heterocycles. The van der Waals surface area contributed by atoms with Gasteiger partial charge in [-0.1, -0.05) is 23.2 Å². The van der Waals surface area contributed by atoms with Crippen LogP contribution in [0.4, 0.5) is 10.1 Å². The lowest BCUT2D eigenvalue weighted by Gasteiger charge is -2.09. The second kappa shape index (κ2) is 5.90. The second-order valence-corrected chi connectivity index (χ2v) is 6.49. The van der Waals surface area contributed by atoms with Crippen molar-refractivity contribution in [3.05, 3.63) is 57.8 Å². The highest BCUT2D eigenvalue weighted by atomic mass is 35.5. The van der Waals surface area contributed by atoms with Crippen LogP contribution < -0.4 is 4.72 Å². The van der Waals surface area contributed by atoms with Crippen LogP contribution in [0, 0.1) is 17.1 Å². The van der Waals surface area contributed by atoms with Crippen LogP contribution in [-0.2, 0) is 10.0 Å². The van der Waals surface area contributed by atoms with Gasteiger partial charge >= 0.3 is 0 Å². The highest BCUT2D eigenvalue weighted by Gasteiger charge is 2.16. The van der Waals surface area contributed by atoms with Crippen LogP contribution in [-0.4, -0.2) is 8.42 Å². The smallest absolute Gasteiger partial charge is 0.261 e. The monoisotopic (exact) mass is 344 g/mol. The van der Waals surface area contributed by atoms with Crippen molar-refractivity contribution in [1.82, 2.24) is 0 Å². The third-order valence-electron chi connectivity index (χ3n) is 2.53. The standard InChI is InChI=1S/C13H7Cl2FN2O2S/c14-11-5-9(6-12(15)13(11)16)18-21(19,20)10-3-1-8(7-17)2-4-10/h1-6,18H. The van der Waals surface area contributed by atoms with E-state index < -0.39 is 15.8 Å². The van der Waals surface area contributed by atoms with Crippen LogP contribution in [0.2, 0.25) is 10.0 Å². The maximum atomic E-state index is 13.3. The van der Waals surface area contributed by atoms with E-state index in [0.29, 0.717) is 5.56 Å². The molecule has 108 valence electrons. The Bertz CT molecular complexity index is 807. The maximum absolute atomic E-state index is 13.3. The highest BCUT2D eigenvalue weighted by Crippen LogP contribution is 2.28. The lowest BCUT2D eigenvalue weighted by Crippen LogP contribution is -2.13. The van der Waals surface area contributed by atoms with Gasteiger partial charge < -0.3 is 0 Å². The molecule has 21 heavy (non-hydrogen) atoms. The van der Waals surface area contributed by atoms with E-state index in [2.05, 4.69) is 4.72 Å². The Balaban J connectivity index is 2.35. The zero-order valence-corrected chi connectivity index (χ0v) is 12.6. The summed E-state index contributed by atoms with van der Waals surface area (Å²) in [6.45, 7) is 0. The SMILES string of the molecule is N#Cc1ccc(S(=O)(=O)Nc2cc(Cl)c(F)c(Cl)c2)cc1. The van der Waals surface area contributed by atoms with Crippen LogP contribution in [0.5, 0.6) is 0 Å². The molecule has 0 heterocycles. The topological polar surface area (TPSA) is 70.0 Å². The van der Waals surface area contributed by atoms with Crippen molar-refractivity contribution in [2.45, 2.75) is 4.90 Å². The van der Waals surface area contributed by atoms with E-state index in [-0.39, 0.29) is 20.6 Å².